The number of rotatable bonds is 10. The van der Waals surface area contributed by atoms with Gasteiger partial charge in [-0.3, -0.25) is 19.1 Å². The summed E-state index contributed by atoms with van der Waals surface area (Å²) in [5, 5.41) is 9.02. The lowest BCUT2D eigenvalue weighted by Crippen LogP contribution is -2.26. The Morgan fingerprint density at radius 2 is 2.25 bits per heavy atom. The Morgan fingerprint density at radius 3 is 2.97 bits per heavy atom. The van der Waals surface area contributed by atoms with Crippen LogP contribution in [0.5, 0.6) is 0 Å². The van der Waals surface area contributed by atoms with E-state index in [-0.39, 0.29) is 48.4 Å². The average Bonchev–Trinajstić information content (AvgIpc) is 3.32. The maximum atomic E-state index is 12.0. The number of imidazole rings is 1. The predicted molar refractivity (Wildman–Crippen MR) is 118 cm³/mol. The lowest BCUT2D eigenvalue weighted by atomic mass is 9.97. The van der Waals surface area contributed by atoms with E-state index in [1.54, 1.807) is 18.4 Å². The Labute approximate surface area is 189 Å². The predicted octanol–water partition coefficient (Wildman–Crippen LogP) is 1.59. The van der Waals surface area contributed by atoms with E-state index in [9.17, 15) is 19.3 Å². The van der Waals surface area contributed by atoms with Crippen molar-refractivity contribution in [1.82, 2.24) is 19.5 Å². The van der Waals surface area contributed by atoms with Crippen molar-refractivity contribution in [3.63, 3.8) is 0 Å². The van der Waals surface area contributed by atoms with E-state index in [4.69, 9.17) is 19.5 Å². The summed E-state index contributed by atoms with van der Waals surface area (Å²) in [5.41, 5.74) is 4.89. The van der Waals surface area contributed by atoms with Gasteiger partial charge in [0.2, 0.25) is 5.95 Å². The fraction of sp³-hybridized carbons (Fsp3) is 0.667. The van der Waals surface area contributed by atoms with Crippen LogP contribution in [0.1, 0.15) is 33.4 Å². The molecule has 3 heterocycles. The Bertz CT molecular complexity index is 1040. The number of nitrogens with two attached hydrogens (primary N) is 1. The van der Waals surface area contributed by atoms with Gasteiger partial charge >= 0.3 is 8.25 Å². The van der Waals surface area contributed by atoms with E-state index in [1.807, 2.05) is 6.92 Å². The maximum absolute atomic E-state index is 12.0. The topological polar surface area (TPSA) is 172 Å². The molecule has 4 N–H and O–H groups in total. The van der Waals surface area contributed by atoms with Crippen LogP contribution in [-0.4, -0.2) is 61.4 Å². The van der Waals surface area contributed by atoms with Crippen LogP contribution in [0.15, 0.2) is 11.1 Å². The fourth-order valence-electron chi connectivity index (χ4n) is 3.18. The van der Waals surface area contributed by atoms with Gasteiger partial charge in [-0.1, -0.05) is 18.7 Å². The Hall–Kier alpha value is -1.89. The number of carbonyl (C=O) groups is 1. The average molecular weight is 488 g/mol. The zero-order valence-electron chi connectivity index (χ0n) is 18.0. The number of carbonyl (C=O) groups excluding carboxylic acids is 1. The molecule has 0 spiro atoms. The molecule has 0 radical (unpaired) electrons. The third-order valence-corrected chi connectivity index (χ3v) is 6.94. The highest BCUT2D eigenvalue weighted by Crippen LogP contribution is 2.37. The number of nitrogens with one attached hydrogen (secondary N) is 1. The molecule has 12 nitrogen and oxygen atoms in total. The molecule has 4 atom stereocenters. The standard InChI is InChI=1S/C18H26N5O7PS/c1-10-6-11(7-29-31(27)28-4-5-32-16(26)18(2,3)8-24)30-15(10)23-9-20-12-13(23)21-17(19)22-14(12)25/h9-11,15,24H,4-8H2,1-3H3,(H2-,19,21,22,25)/p+1. The molecule has 3 rings (SSSR count). The minimum atomic E-state index is -2.37. The van der Waals surface area contributed by atoms with Crippen LogP contribution >= 0.6 is 20.0 Å². The molecule has 0 amide bonds. The van der Waals surface area contributed by atoms with Crippen LogP contribution in [0.2, 0.25) is 0 Å². The summed E-state index contributed by atoms with van der Waals surface area (Å²) >= 11 is 1.01. The zero-order chi connectivity index (χ0) is 23.5. The molecule has 1 aliphatic heterocycles. The van der Waals surface area contributed by atoms with E-state index < -0.39 is 25.5 Å². The van der Waals surface area contributed by atoms with E-state index in [0.29, 0.717) is 17.8 Å². The van der Waals surface area contributed by atoms with Gasteiger partial charge in [0.15, 0.2) is 16.3 Å². The summed E-state index contributed by atoms with van der Waals surface area (Å²) in [6.45, 7) is 5.16. The Balaban J connectivity index is 1.46. The van der Waals surface area contributed by atoms with Crippen molar-refractivity contribution in [2.45, 2.75) is 39.5 Å². The molecule has 1 saturated heterocycles. The number of hydrogen-bond acceptors (Lipinski definition) is 11. The molecule has 2 aromatic heterocycles. The second-order valence-electron chi connectivity index (χ2n) is 8.17. The van der Waals surface area contributed by atoms with Gasteiger partial charge in [-0.25, -0.2) is 4.98 Å². The highest BCUT2D eigenvalue weighted by atomic mass is 32.2. The number of aliphatic hydroxyl groups excluding tert-OH is 1. The van der Waals surface area contributed by atoms with Gasteiger partial charge in [-0.15, -0.1) is 9.05 Å². The molecule has 0 aliphatic carbocycles. The number of aromatic nitrogens is 4. The molecule has 0 saturated carbocycles. The Morgan fingerprint density at radius 1 is 1.50 bits per heavy atom. The van der Waals surface area contributed by atoms with Gasteiger partial charge in [0.05, 0.1) is 24.5 Å². The summed E-state index contributed by atoms with van der Waals surface area (Å²) in [7, 11) is -2.37. The first-order chi connectivity index (χ1) is 15.1. The molecule has 2 aromatic rings. The SMILES string of the molecule is CC1CC(CO[P+](=O)OCCSC(=O)C(C)(C)CO)OC1n1cnc2c(=O)[nH]c(N)nc21. The van der Waals surface area contributed by atoms with Crippen molar-refractivity contribution in [3.8, 4) is 0 Å². The third kappa shape index (κ3) is 5.72. The molecule has 176 valence electrons. The lowest BCUT2D eigenvalue weighted by Gasteiger charge is -2.18. The Kier molecular flexibility index (Phi) is 8.01. The van der Waals surface area contributed by atoms with Crippen molar-refractivity contribution in [3.05, 3.63) is 16.7 Å². The molecule has 1 fully saturated rings. The number of aliphatic hydroxyl groups is 1. The number of nitrogen functional groups attached to an aromatic ring is 1. The van der Waals surface area contributed by atoms with Crippen LogP contribution in [0.25, 0.3) is 11.2 Å². The van der Waals surface area contributed by atoms with Crippen LogP contribution in [0, 0.1) is 11.3 Å². The smallest absolute Gasteiger partial charge is 0.395 e. The first-order valence-electron chi connectivity index (χ1n) is 10.0. The summed E-state index contributed by atoms with van der Waals surface area (Å²) in [5.74, 6) is 0.345. The van der Waals surface area contributed by atoms with Crippen LogP contribution in [0.4, 0.5) is 5.95 Å². The maximum Gasteiger partial charge on any atom is 0.697 e. The van der Waals surface area contributed by atoms with Gasteiger partial charge in [-0.05, 0) is 20.3 Å². The molecule has 0 aromatic carbocycles. The molecule has 1 aliphatic rings. The normalized spacial score (nSPS) is 21.9. The molecule has 0 bridgehead atoms. The van der Waals surface area contributed by atoms with Crippen LogP contribution in [-0.2, 0) is 23.1 Å². The quantitative estimate of drug-likeness (QED) is 0.327. The van der Waals surface area contributed by atoms with Crippen molar-refractivity contribution < 1.29 is 28.3 Å². The summed E-state index contributed by atoms with van der Waals surface area (Å²) in [6, 6.07) is 0. The van der Waals surface area contributed by atoms with Crippen LogP contribution in [0.3, 0.4) is 0 Å². The van der Waals surface area contributed by atoms with E-state index in [0.717, 1.165) is 11.8 Å². The number of fused-ring (bicyclic) bond motifs is 1. The first kappa shape index (κ1) is 24.7. The summed E-state index contributed by atoms with van der Waals surface area (Å²) in [4.78, 5) is 34.5. The summed E-state index contributed by atoms with van der Waals surface area (Å²) in [6.07, 6.45) is 1.35. The fourth-order valence-corrected chi connectivity index (χ4v) is 4.72. The van der Waals surface area contributed by atoms with E-state index in [1.165, 1.54) is 6.33 Å². The van der Waals surface area contributed by atoms with Gasteiger partial charge < -0.3 is 15.6 Å². The monoisotopic (exact) mass is 488 g/mol. The number of hydrogen-bond donors (Lipinski definition) is 3. The number of nitrogens with zero attached hydrogens (tertiary/aromatic N) is 3. The van der Waals surface area contributed by atoms with Gasteiger partial charge in [0, 0.05) is 16.2 Å². The van der Waals surface area contributed by atoms with Gasteiger partial charge in [0.1, 0.15) is 19.4 Å². The van der Waals surface area contributed by atoms with Gasteiger partial charge in [0.25, 0.3) is 5.56 Å². The summed E-state index contributed by atoms with van der Waals surface area (Å²) < 4.78 is 30.0. The number of anilines is 1. The first-order valence-corrected chi connectivity index (χ1v) is 12.1. The molecular weight excluding hydrogens is 461 g/mol. The highest BCUT2D eigenvalue weighted by Gasteiger charge is 2.37. The molecule has 4 unspecified atom stereocenters. The highest BCUT2D eigenvalue weighted by molar-refractivity contribution is 8.13. The van der Waals surface area contributed by atoms with Crippen molar-refractivity contribution in [2.24, 2.45) is 11.3 Å². The van der Waals surface area contributed by atoms with E-state index >= 15 is 0 Å². The minimum Gasteiger partial charge on any atom is -0.395 e. The van der Waals surface area contributed by atoms with Gasteiger partial charge in [-0.2, -0.15) is 4.98 Å². The number of aromatic amines is 1. The van der Waals surface area contributed by atoms with Crippen LogP contribution < -0.4 is 11.3 Å². The van der Waals surface area contributed by atoms with Crippen molar-refractivity contribution >= 4 is 42.2 Å². The molecule has 14 heteroatoms. The van der Waals surface area contributed by atoms with Crippen molar-refractivity contribution in [1.29, 1.82) is 0 Å². The number of H-pyrrole nitrogens is 1. The van der Waals surface area contributed by atoms with Crippen molar-refractivity contribution in [2.75, 3.05) is 31.3 Å². The zero-order valence-corrected chi connectivity index (χ0v) is 19.7. The second kappa shape index (κ2) is 10.4. The lowest BCUT2D eigenvalue weighted by molar-refractivity contribution is -0.119. The second-order valence-corrected chi connectivity index (χ2v) is 10.2. The largest absolute Gasteiger partial charge is 0.697 e. The van der Waals surface area contributed by atoms with E-state index in [2.05, 4.69) is 15.0 Å². The number of ether oxygens (including phenoxy) is 1. The molecule has 32 heavy (non-hydrogen) atoms. The number of thioether (sulfide) groups is 1. The molecular formula is C18H27N5O7PS+. The minimum absolute atomic E-state index is 0.0104. The third-order valence-electron chi connectivity index (χ3n) is 5.01.